The summed E-state index contributed by atoms with van der Waals surface area (Å²) >= 11 is 0. The van der Waals surface area contributed by atoms with Gasteiger partial charge in [-0.1, -0.05) is 19.3 Å². The van der Waals surface area contributed by atoms with Crippen LogP contribution in [0.2, 0.25) is 0 Å². The van der Waals surface area contributed by atoms with Crippen molar-refractivity contribution in [1.82, 2.24) is 9.80 Å². The number of amides is 3. The molecule has 4 rings (SSSR count). The van der Waals surface area contributed by atoms with E-state index in [4.69, 9.17) is 9.15 Å². The summed E-state index contributed by atoms with van der Waals surface area (Å²) < 4.78 is 10.3. The summed E-state index contributed by atoms with van der Waals surface area (Å²) in [6, 6.07) is 7.71. The van der Waals surface area contributed by atoms with Gasteiger partial charge in [-0.15, -0.1) is 0 Å². The van der Waals surface area contributed by atoms with E-state index in [2.05, 4.69) is 0 Å². The fraction of sp³-hybridized carbons (Fsp3) is 0.391. The SMILES string of the molecule is CN(Cc1ccco1)C(=O)COC(=O)c1ccc2c(c1)C(=O)N(C1CCCCC1)C2=O. The molecule has 162 valence electrons. The van der Waals surface area contributed by atoms with E-state index in [0.29, 0.717) is 11.3 Å². The minimum absolute atomic E-state index is 0.0844. The van der Waals surface area contributed by atoms with Crippen LogP contribution < -0.4 is 0 Å². The molecular weight excluding hydrogens is 400 g/mol. The average Bonchev–Trinajstić information content (AvgIpc) is 3.38. The van der Waals surface area contributed by atoms with Gasteiger partial charge in [0.1, 0.15) is 5.76 Å². The van der Waals surface area contributed by atoms with Crippen molar-refractivity contribution in [2.24, 2.45) is 0 Å². The Hall–Kier alpha value is -3.42. The molecule has 0 spiro atoms. The lowest BCUT2D eigenvalue weighted by atomic mass is 9.94. The monoisotopic (exact) mass is 424 g/mol. The van der Waals surface area contributed by atoms with Crippen LogP contribution in [0.25, 0.3) is 0 Å². The van der Waals surface area contributed by atoms with Gasteiger partial charge in [-0.25, -0.2) is 4.79 Å². The van der Waals surface area contributed by atoms with Gasteiger partial charge in [0.15, 0.2) is 6.61 Å². The number of fused-ring (bicyclic) bond motifs is 1. The molecule has 0 saturated heterocycles. The third-order valence-corrected chi connectivity index (χ3v) is 5.82. The number of hydrogen-bond acceptors (Lipinski definition) is 6. The predicted octanol–water partition coefficient (Wildman–Crippen LogP) is 3.02. The van der Waals surface area contributed by atoms with Crippen molar-refractivity contribution in [3.8, 4) is 0 Å². The van der Waals surface area contributed by atoms with Crippen molar-refractivity contribution in [2.45, 2.75) is 44.7 Å². The summed E-state index contributed by atoms with van der Waals surface area (Å²) in [5, 5.41) is 0. The number of carbonyl (C=O) groups excluding carboxylic acids is 4. The summed E-state index contributed by atoms with van der Waals surface area (Å²) in [5.41, 5.74) is 0.652. The number of ether oxygens (including phenoxy) is 1. The number of carbonyl (C=O) groups is 4. The maximum absolute atomic E-state index is 12.9. The minimum Gasteiger partial charge on any atom is -0.467 e. The van der Waals surface area contributed by atoms with E-state index in [-0.39, 0.29) is 41.4 Å². The maximum atomic E-state index is 12.9. The van der Waals surface area contributed by atoms with Crippen LogP contribution in [0.1, 0.15) is 68.9 Å². The Morgan fingerprint density at radius 3 is 2.55 bits per heavy atom. The Morgan fingerprint density at radius 1 is 1.10 bits per heavy atom. The van der Waals surface area contributed by atoms with Crippen molar-refractivity contribution >= 4 is 23.7 Å². The van der Waals surface area contributed by atoms with Gasteiger partial charge < -0.3 is 14.1 Å². The molecule has 31 heavy (non-hydrogen) atoms. The van der Waals surface area contributed by atoms with Crippen molar-refractivity contribution in [1.29, 1.82) is 0 Å². The van der Waals surface area contributed by atoms with E-state index in [0.717, 1.165) is 32.1 Å². The fourth-order valence-corrected chi connectivity index (χ4v) is 4.10. The molecule has 2 heterocycles. The second kappa shape index (κ2) is 8.75. The van der Waals surface area contributed by atoms with Crippen LogP contribution in [-0.4, -0.2) is 53.2 Å². The van der Waals surface area contributed by atoms with Gasteiger partial charge in [-0.2, -0.15) is 0 Å². The smallest absolute Gasteiger partial charge is 0.338 e. The highest BCUT2D eigenvalue weighted by Gasteiger charge is 2.40. The lowest BCUT2D eigenvalue weighted by molar-refractivity contribution is -0.134. The van der Waals surface area contributed by atoms with E-state index < -0.39 is 12.6 Å². The molecule has 0 N–H and O–H groups in total. The maximum Gasteiger partial charge on any atom is 0.338 e. The third-order valence-electron chi connectivity index (χ3n) is 5.82. The highest BCUT2D eigenvalue weighted by Crippen LogP contribution is 2.31. The van der Waals surface area contributed by atoms with Crippen LogP contribution >= 0.6 is 0 Å². The Kier molecular flexibility index (Phi) is 5.88. The first-order chi connectivity index (χ1) is 15.0. The number of likely N-dealkylation sites (N-methyl/N-ethyl adjacent to an activating group) is 1. The first-order valence-corrected chi connectivity index (χ1v) is 10.4. The van der Waals surface area contributed by atoms with Gasteiger partial charge >= 0.3 is 5.97 Å². The van der Waals surface area contributed by atoms with Gasteiger partial charge in [0.05, 0.1) is 29.5 Å². The van der Waals surface area contributed by atoms with Gasteiger partial charge in [0.2, 0.25) is 0 Å². The first kappa shape index (κ1) is 20.8. The summed E-state index contributed by atoms with van der Waals surface area (Å²) in [4.78, 5) is 53.0. The molecule has 0 bridgehead atoms. The highest BCUT2D eigenvalue weighted by molar-refractivity contribution is 6.22. The molecule has 1 aromatic heterocycles. The summed E-state index contributed by atoms with van der Waals surface area (Å²) in [6.07, 6.45) is 6.26. The third kappa shape index (κ3) is 4.23. The Morgan fingerprint density at radius 2 is 1.84 bits per heavy atom. The second-order valence-electron chi connectivity index (χ2n) is 7.94. The van der Waals surface area contributed by atoms with Gasteiger partial charge in [-0.05, 0) is 43.2 Å². The largest absolute Gasteiger partial charge is 0.467 e. The molecule has 2 aromatic rings. The quantitative estimate of drug-likeness (QED) is 0.522. The molecule has 8 nitrogen and oxygen atoms in total. The molecule has 0 radical (unpaired) electrons. The van der Waals surface area contributed by atoms with Gasteiger partial charge in [0, 0.05) is 13.1 Å². The molecule has 1 aliphatic heterocycles. The lowest BCUT2D eigenvalue weighted by Gasteiger charge is -2.29. The molecule has 0 atom stereocenters. The number of hydrogen-bond donors (Lipinski definition) is 0. The topological polar surface area (TPSA) is 97.1 Å². The Labute approximate surface area is 179 Å². The molecule has 1 saturated carbocycles. The minimum atomic E-state index is -0.723. The zero-order valence-corrected chi connectivity index (χ0v) is 17.3. The van der Waals surface area contributed by atoms with E-state index in [1.165, 1.54) is 34.3 Å². The number of benzene rings is 1. The predicted molar refractivity (Wildman–Crippen MR) is 109 cm³/mol. The Bertz CT molecular complexity index is 1010. The van der Waals surface area contributed by atoms with Crippen LogP contribution in [0, 0.1) is 0 Å². The number of furan rings is 1. The molecule has 0 unspecified atom stereocenters. The van der Waals surface area contributed by atoms with E-state index in [9.17, 15) is 19.2 Å². The molecular formula is C23H24N2O6. The van der Waals surface area contributed by atoms with Crippen LogP contribution in [0.4, 0.5) is 0 Å². The van der Waals surface area contributed by atoms with Crippen LogP contribution in [-0.2, 0) is 16.1 Å². The molecule has 1 fully saturated rings. The normalized spacial score (nSPS) is 16.4. The number of esters is 1. The second-order valence-corrected chi connectivity index (χ2v) is 7.94. The highest BCUT2D eigenvalue weighted by atomic mass is 16.5. The number of rotatable bonds is 6. The summed E-state index contributed by atoms with van der Waals surface area (Å²) in [7, 11) is 1.58. The van der Waals surface area contributed by atoms with Crippen LogP contribution in [0.5, 0.6) is 0 Å². The van der Waals surface area contributed by atoms with Gasteiger partial charge in [-0.3, -0.25) is 19.3 Å². The van der Waals surface area contributed by atoms with Crippen molar-refractivity contribution in [3.63, 3.8) is 0 Å². The lowest BCUT2D eigenvalue weighted by Crippen LogP contribution is -2.40. The molecule has 3 amide bonds. The Balaban J connectivity index is 1.39. The number of imide groups is 1. The van der Waals surface area contributed by atoms with Crippen LogP contribution in [0.3, 0.4) is 0 Å². The van der Waals surface area contributed by atoms with E-state index in [1.54, 1.807) is 19.2 Å². The zero-order chi connectivity index (χ0) is 22.0. The fourth-order valence-electron chi connectivity index (χ4n) is 4.10. The molecule has 2 aliphatic rings. The number of nitrogens with zero attached hydrogens (tertiary/aromatic N) is 2. The zero-order valence-electron chi connectivity index (χ0n) is 17.3. The van der Waals surface area contributed by atoms with Crippen molar-refractivity contribution < 1.29 is 28.3 Å². The van der Waals surface area contributed by atoms with Gasteiger partial charge in [0.25, 0.3) is 17.7 Å². The molecule has 1 aliphatic carbocycles. The van der Waals surface area contributed by atoms with Crippen LogP contribution in [0.15, 0.2) is 41.0 Å². The molecule has 8 heteroatoms. The summed E-state index contributed by atoms with van der Waals surface area (Å²) in [5.74, 6) is -1.16. The summed E-state index contributed by atoms with van der Waals surface area (Å²) in [6.45, 7) is -0.177. The van der Waals surface area contributed by atoms with Crippen molar-refractivity contribution in [3.05, 3.63) is 59.0 Å². The first-order valence-electron chi connectivity index (χ1n) is 10.4. The standard InChI is InChI=1S/C23H24N2O6/c1-24(13-17-8-5-11-30-17)20(26)14-31-23(29)15-9-10-18-19(12-15)22(28)25(21(18)27)16-6-3-2-4-7-16/h5,8-12,16H,2-4,6-7,13-14H2,1H3. The average molecular weight is 424 g/mol. The van der Waals surface area contributed by atoms with E-state index >= 15 is 0 Å². The van der Waals surface area contributed by atoms with E-state index in [1.807, 2.05) is 0 Å². The molecule has 1 aromatic carbocycles. The van der Waals surface area contributed by atoms with Crippen molar-refractivity contribution in [2.75, 3.05) is 13.7 Å².